The molecule has 0 aromatic heterocycles. The summed E-state index contributed by atoms with van der Waals surface area (Å²) in [5, 5.41) is 0. The molecule has 0 N–H and O–H groups in total. The summed E-state index contributed by atoms with van der Waals surface area (Å²) in [5.74, 6) is 0. The van der Waals surface area contributed by atoms with Crippen molar-refractivity contribution >= 4 is 0 Å². The summed E-state index contributed by atoms with van der Waals surface area (Å²) in [5.41, 5.74) is 0. The lowest BCUT2D eigenvalue weighted by atomic mass is 10.3. The third-order valence-corrected chi connectivity index (χ3v) is 1.71. The second-order valence-electron chi connectivity index (χ2n) is 6.59. The Hall–Kier alpha value is -0.260. The second kappa shape index (κ2) is 129. The molecule has 0 heteroatoms. The van der Waals surface area contributed by atoms with Gasteiger partial charge in [0.2, 0.25) is 0 Å². The van der Waals surface area contributed by atoms with Gasteiger partial charge < -0.3 is 0 Å². The molecule has 0 unspecified atom stereocenters. The highest BCUT2D eigenvalue weighted by atomic mass is 13.7. The minimum Gasteiger partial charge on any atom is -0.103 e. The number of unbranched alkanes of at least 4 members (excludes halogenated alkanes) is 4. The van der Waals surface area contributed by atoms with Gasteiger partial charge in [0.05, 0.1) is 0 Å². The summed E-state index contributed by atoms with van der Waals surface area (Å²) in [7, 11) is 0. The smallest absolute Gasteiger partial charge is 0.0473 e. The molecule has 0 rings (SSSR count). The van der Waals surface area contributed by atoms with Gasteiger partial charge in [-0.15, -0.1) is 6.58 Å². The summed E-state index contributed by atoms with van der Waals surface area (Å²) in [6.45, 7) is 35.4. The Bertz CT molecular complexity index is 86.6. The highest BCUT2D eigenvalue weighted by molar-refractivity contribution is 4.51. The molecule has 0 bridgehead atoms. The number of hydrogen-bond donors (Lipinski definition) is 0. The predicted molar refractivity (Wildman–Crippen MR) is 146 cm³/mol. The van der Waals surface area contributed by atoms with E-state index in [1.807, 2.05) is 6.92 Å². The minimum atomic E-state index is 1.25. The Labute approximate surface area is 187 Å². The van der Waals surface area contributed by atoms with Crippen LogP contribution in [0.3, 0.4) is 0 Å². The van der Waals surface area contributed by atoms with Crippen LogP contribution in [-0.2, 0) is 0 Å². The molecule has 0 aliphatic rings. The maximum absolute atomic E-state index is 3.36. The van der Waals surface area contributed by atoms with E-state index in [-0.39, 0.29) is 0 Å². The van der Waals surface area contributed by atoms with E-state index in [0.29, 0.717) is 0 Å². The first-order valence-electron chi connectivity index (χ1n) is 12.9. The van der Waals surface area contributed by atoms with Gasteiger partial charge >= 0.3 is 0 Å². The van der Waals surface area contributed by atoms with E-state index >= 15 is 0 Å². The van der Waals surface area contributed by atoms with E-state index in [9.17, 15) is 0 Å². The van der Waals surface area contributed by atoms with Crippen LogP contribution in [0, 0.1) is 0 Å². The average molecular weight is 407 g/mol. The Kier molecular flexibility index (Phi) is 234. The molecule has 0 saturated heterocycles. The van der Waals surface area contributed by atoms with Gasteiger partial charge in [-0.05, 0) is 6.92 Å². The molecule has 182 valence electrons. The molecule has 0 spiro atoms. The van der Waals surface area contributed by atoms with Crippen LogP contribution in [0.1, 0.15) is 174 Å². The zero-order chi connectivity index (χ0) is 24.5. The standard InChI is InChI=1S/C5H12.2C4H10.4C3H8.C3H6/c1-3-5-4-2;2*1-3-4-2;5*1-3-2/h3-5H2,1-2H3;2*3-4H2,1-2H3;4*3H2,1-2H3;3H,1H2,2H3. The molecule has 0 aliphatic carbocycles. The molecule has 0 aromatic carbocycles. The van der Waals surface area contributed by atoms with Crippen LogP contribution in [0.2, 0.25) is 0 Å². The normalized spacial score (nSPS) is 6.68. The van der Waals surface area contributed by atoms with Crippen molar-refractivity contribution < 1.29 is 0 Å². The number of hydrogen-bond acceptors (Lipinski definition) is 0. The van der Waals surface area contributed by atoms with Gasteiger partial charge in [-0.2, -0.15) is 0 Å². The van der Waals surface area contributed by atoms with Crippen LogP contribution in [-0.4, -0.2) is 0 Å². The Morgan fingerprint density at radius 3 is 0.500 bits per heavy atom. The van der Waals surface area contributed by atoms with Gasteiger partial charge in [-0.3, -0.25) is 0 Å². The molecule has 0 amide bonds. The lowest BCUT2D eigenvalue weighted by Crippen LogP contribution is -1.59. The molecule has 28 heavy (non-hydrogen) atoms. The molecular weight excluding hydrogens is 336 g/mol. The van der Waals surface area contributed by atoms with Crippen LogP contribution in [0.4, 0.5) is 0 Å². The first-order valence-corrected chi connectivity index (χ1v) is 12.9. The highest BCUT2D eigenvalue weighted by Gasteiger charge is 1.68. The molecule has 0 nitrogen and oxygen atoms in total. The molecule has 0 fully saturated rings. The van der Waals surface area contributed by atoms with Crippen LogP contribution < -0.4 is 0 Å². The Balaban J connectivity index is -0.0000000275. The average Bonchev–Trinajstić information content (AvgIpc) is 2.66. The molecule has 0 aromatic rings. The zero-order valence-electron chi connectivity index (χ0n) is 24.1. The van der Waals surface area contributed by atoms with Crippen molar-refractivity contribution in [2.75, 3.05) is 0 Å². The molecule has 0 radical (unpaired) electrons. The van der Waals surface area contributed by atoms with Crippen LogP contribution in [0.5, 0.6) is 0 Å². The number of allylic oxidation sites excluding steroid dienone is 1. The summed E-state index contributed by atoms with van der Waals surface area (Å²) < 4.78 is 0. The topological polar surface area (TPSA) is 0 Å². The quantitative estimate of drug-likeness (QED) is 0.407. The largest absolute Gasteiger partial charge is 0.103 e. The maximum Gasteiger partial charge on any atom is -0.0473 e. The van der Waals surface area contributed by atoms with E-state index in [1.165, 1.54) is 70.6 Å². The Morgan fingerprint density at radius 2 is 0.500 bits per heavy atom. The fourth-order valence-electron chi connectivity index (χ4n) is 0.354. The van der Waals surface area contributed by atoms with Crippen molar-refractivity contribution in [3.05, 3.63) is 12.7 Å². The molecule has 0 heterocycles. The summed E-state index contributed by atoms with van der Waals surface area (Å²) in [6, 6.07) is 0. The van der Waals surface area contributed by atoms with Crippen LogP contribution in [0.15, 0.2) is 12.7 Å². The first kappa shape index (κ1) is 50.9. The lowest BCUT2D eigenvalue weighted by Gasteiger charge is -1.79. The van der Waals surface area contributed by atoms with E-state index in [2.05, 4.69) is 104 Å². The van der Waals surface area contributed by atoms with Crippen LogP contribution >= 0.6 is 0 Å². The van der Waals surface area contributed by atoms with Gasteiger partial charge in [-0.25, -0.2) is 0 Å². The lowest BCUT2D eigenvalue weighted by molar-refractivity contribution is 0.772. The monoisotopic (exact) mass is 407 g/mol. The zero-order valence-corrected chi connectivity index (χ0v) is 24.1. The minimum absolute atomic E-state index is 1.25. The molecule has 0 atom stereocenters. The SMILES string of the molecule is C=CC.CCC.CCC.CCC.CCC.CCCC.CCCC.CCCCC. The fourth-order valence-corrected chi connectivity index (χ4v) is 0.354. The molecule has 0 aliphatic heterocycles. The summed E-state index contributed by atoms with van der Waals surface area (Å²) in [6.07, 6.45) is 16.1. The maximum atomic E-state index is 3.36. The van der Waals surface area contributed by atoms with Gasteiger partial charge in [0.15, 0.2) is 0 Å². The summed E-state index contributed by atoms with van der Waals surface area (Å²) in [4.78, 5) is 0. The second-order valence-corrected chi connectivity index (χ2v) is 6.59. The van der Waals surface area contributed by atoms with E-state index < -0.39 is 0 Å². The van der Waals surface area contributed by atoms with Gasteiger partial charge in [0, 0.05) is 0 Å². The highest BCUT2D eigenvalue weighted by Crippen LogP contribution is 1.88. The van der Waals surface area contributed by atoms with Gasteiger partial charge in [0.25, 0.3) is 0 Å². The van der Waals surface area contributed by atoms with Crippen molar-refractivity contribution in [1.82, 2.24) is 0 Å². The third-order valence-electron chi connectivity index (χ3n) is 1.71. The van der Waals surface area contributed by atoms with Crippen LogP contribution in [0.25, 0.3) is 0 Å². The predicted octanol–water partition coefficient (Wildman–Crippen LogP) is 12.7. The molecule has 0 saturated carbocycles. The summed E-state index contributed by atoms with van der Waals surface area (Å²) >= 11 is 0. The fraction of sp³-hybridized carbons (Fsp3) is 0.929. The van der Waals surface area contributed by atoms with E-state index in [1.54, 1.807) is 6.08 Å². The van der Waals surface area contributed by atoms with Crippen molar-refractivity contribution in [3.63, 3.8) is 0 Å². The first-order chi connectivity index (χ1) is 13.3. The van der Waals surface area contributed by atoms with Gasteiger partial charge in [-0.1, -0.05) is 174 Å². The van der Waals surface area contributed by atoms with Crippen molar-refractivity contribution in [3.8, 4) is 0 Å². The van der Waals surface area contributed by atoms with Crippen molar-refractivity contribution in [1.29, 1.82) is 0 Å². The van der Waals surface area contributed by atoms with E-state index in [0.717, 1.165) is 0 Å². The van der Waals surface area contributed by atoms with Crippen molar-refractivity contribution in [2.45, 2.75) is 174 Å². The molecular formula is C28H70. The van der Waals surface area contributed by atoms with Crippen molar-refractivity contribution in [2.24, 2.45) is 0 Å². The van der Waals surface area contributed by atoms with Gasteiger partial charge in [0.1, 0.15) is 0 Å². The third kappa shape index (κ3) is 1130. The Morgan fingerprint density at radius 1 is 0.393 bits per heavy atom. The number of rotatable bonds is 4. The van der Waals surface area contributed by atoms with E-state index in [4.69, 9.17) is 0 Å².